The van der Waals surface area contributed by atoms with Crippen LogP contribution in [0.5, 0.6) is 0 Å². The Kier molecular flexibility index (Phi) is 5.00. The van der Waals surface area contributed by atoms with Crippen LogP contribution in [0.4, 0.5) is 24.5 Å². The SMILES string of the molecule is Cc1ccc(Nc2c(C(=O)N3CC(O)(CNC4CC4)C3)ccc(F)c2F)c(F)c1. The monoisotopic (exact) mass is 405 g/mol. The summed E-state index contributed by atoms with van der Waals surface area (Å²) in [7, 11) is 0. The summed E-state index contributed by atoms with van der Waals surface area (Å²) in [4.78, 5) is 14.2. The molecule has 0 aromatic heterocycles. The highest BCUT2D eigenvalue weighted by atomic mass is 19.2. The first-order chi connectivity index (χ1) is 13.8. The largest absolute Gasteiger partial charge is 0.385 e. The van der Waals surface area contributed by atoms with E-state index in [9.17, 15) is 23.1 Å². The van der Waals surface area contributed by atoms with E-state index in [0.717, 1.165) is 25.0 Å². The Labute approximate surface area is 166 Å². The minimum Gasteiger partial charge on any atom is -0.385 e. The molecule has 0 spiro atoms. The number of benzene rings is 2. The Morgan fingerprint density at radius 3 is 2.55 bits per heavy atom. The molecule has 1 heterocycles. The zero-order chi connectivity index (χ0) is 20.8. The minimum absolute atomic E-state index is 0.0668. The number of carbonyl (C=O) groups is 1. The number of anilines is 2. The first-order valence-electron chi connectivity index (χ1n) is 9.52. The topological polar surface area (TPSA) is 64.6 Å². The number of aliphatic hydroxyl groups is 1. The predicted molar refractivity (Wildman–Crippen MR) is 103 cm³/mol. The van der Waals surface area contributed by atoms with Crippen LogP contribution in [0.2, 0.25) is 0 Å². The van der Waals surface area contributed by atoms with Gasteiger partial charge in [0.1, 0.15) is 11.4 Å². The summed E-state index contributed by atoms with van der Waals surface area (Å²) in [5.74, 6) is -3.61. The minimum atomic E-state index is -1.26. The molecule has 29 heavy (non-hydrogen) atoms. The van der Waals surface area contributed by atoms with Gasteiger partial charge in [-0.2, -0.15) is 0 Å². The van der Waals surface area contributed by atoms with Gasteiger partial charge < -0.3 is 20.6 Å². The molecule has 2 fully saturated rings. The van der Waals surface area contributed by atoms with Crippen molar-refractivity contribution < 1.29 is 23.1 Å². The molecule has 0 atom stereocenters. The second-order valence-corrected chi connectivity index (χ2v) is 7.93. The van der Waals surface area contributed by atoms with Gasteiger partial charge in [0.15, 0.2) is 11.6 Å². The number of β-amino-alcohol motifs (C(OH)–C–C–N with tert-alkyl or cyclic N) is 1. The maximum absolute atomic E-state index is 14.5. The fraction of sp³-hybridized carbons (Fsp3) is 0.381. The lowest BCUT2D eigenvalue weighted by Gasteiger charge is -2.46. The maximum Gasteiger partial charge on any atom is 0.256 e. The van der Waals surface area contributed by atoms with Gasteiger partial charge in [0.2, 0.25) is 0 Å². The Balaban J connectivity index is 1.54. The number of hydrogen-bond acceptors (Lipinski definition) is 4. The standard InChI is InChI=1S/C21H22F3N3O2/c1-12-2-7-17(16(23)8-12)26-19-14(5-6-15(22)18(19)24)20(28)27-10-21(29,11-27)9-25-13-3-4-13/h2,5-8,13,25-26,29H,3-4,9-11H2,1H3. The normalized spacial score (nSPS) is 17.8. The molecular weight excluding hydrogens is 383 g/mol. The van der Waals surface area contributed by atoms with E-state index in [0.29, 0.717) is 18.2 Å². The van der Waals surface area contributed by atoms with Crippen LogP contribution in [0.1, 0.15) is 28.8 Å². The van der Waals surface area contributed by atoms with Gasteiger partial charge in [-0.15, -0.1) is 0 Å². The lowest BCUT2D eigenvalue weighted by atomic mass is 9.92. The van der Waals surface area contributed by atoms with Crippen molar-refractivity contribution in [3.8, 4) is 0 Å². The van der Waals surface area contributed by atoms with Crippen molar-refractivity contribution in [2.75, 3.05) is 25.0 Å². The number of aryl methyl sites for hydroxylation is 1. The quantitative estimate of drug-likeness (QED) is 0.691. The highest BCUT2D eigenvalue weighted by molar-refractivity contribution is 6.01. The first kappa shape index (κ1) is 19.7. The molecule has 1 aliphatic carbocycles. The van der Waals surface area contributed by atoms with Crippen molar-refractivity contribution in [3.05, 3.63) is 58.9 Å². The number of amides is 1. The first-order valence-corrected chi connectivity index (χ1v) is 9.52. The van der Waals surface area contributed by atoms with E-state index in [1.807, 2.05) is 0 Å². The molecule has 1 saturated heterocycles. The van der Waals surface area contributed by atoms with Gasteiger partial charge >= 0.3 is 0 Å². The number of likely N-dealkylation sites (tertiary alicyclic amines) is 1. The van der Waals surface area contributed by atoms with E-state index in [1.54, 1.807) is 13.0 Å². The summed E-state index contributed by atoms with van der Waals surface area (Å²) >= 11 is 0. The van der Waals surface area contributed by atoms with Crippen molar-refractivity contribution >= 4 is 17.3 Å². The number of nitrogens with one attached hydrogen (secondary N) is 2. The second-order valence-electron chi connectivity index (χ2n) is 7.93. The summed E-state index contributed by atoms with van der Waals surface area (Å²) in [6.07, 6.45) is 2.16. The van der Waals surface area contributed by atoms with Gasteiger partial charge in [0, 0.05) is 12.6 Å². The molecule has 0 radical (unpaired) electrons. The Hall–Kier alpha value is -2.58. The molecule has 2 aromatic rings. The van der Waals surface area contributed by atoms with Gasteiger partial charge in [-0.3, -0.25) is 4.79 Å². The fourth-order valence-electron chi connectivity index (χ4n) is 3.42. The molecule has 0 bridgehead atoms. The molecule has 2 aromatic carbocycles. The van der Waals surface area contributed by atoms with Gasteiger partial charge in [-0.05, 0) is 49.6 Å². The highest BCUT2D eigenvalue weighted by Gasteiger charge is 2.45. The van der Waals surface area contributed by atoms with E-state index >= 15 is 0 Å². The van der Waals surface area contributed by atoms with Gasteiger partial charge in [-0.1, -0.05) is 6.07 Å². The molecule has 4 rings (SSSR count). The number of nitrogens with zero attached hydrogens (tertiary/aromatic N) is 1. The van der Waals surface area contributed by atoms with Crippen molar-refractivity contribution in [2.24, 2.45) is 0 Å². The summed E-state index contributed by atoms with van der Waals surface area (Å²) in [6.45, 7) is 2.25. The summed E-state index contributed by atoms with van der Waals surface area (Å²) < 4.78 is 42.5. The van der Waals surface area contributed by atoms with Crippen molar-refractivity contribution in [1.82, 2.24) is 10.2 Å². The molecule has 3 N–H and O–H groups in total. The molecule has 1 saturated carbocycles. The second kappa shape index (κ2) is 7.35. The molecule has 8 heteroatoms. The number of hydrogen-bond donors (Lipinski definition) is 3. The highest BCUT2D eigenvalue weighted by Crippen LogP contribution is 2.32. The van der Waals surface area contributed by atoms with Crippen LogP contribution in [-0.4, -0.2) is 47.2 Å². The number of rotatable bonds is 6. The van der Waals surface area contributed by atoms with Crippen molar-refractivity contribution in [2.45, 2.75) is 31.4 Å². The van der Waals surface area contributed by atoms with Crippen LogP contribution in [-0.2, 0) is 0 Å². The van der Waals surface area contributed by atoms with E-state index in [2.05, 4.69) is 10.6 Å². The molecule has 1 amide bonds. The lowest BCUT2D eigenvalue weighted by molar-refractivity contribution is -0.0787. The average Bonchev–Trinajstić information content (AvgIpc) is 3.47. The van der Waals surface area contributed by atoms with Crippen LogP contribution in [0, 0.1) is 24.4 Å². The number of halogens is 3. The third-order valence-corrected chi connectivity index (χ3v) is 5.26. The summed E-state index contributed by atoms with van der Waals surface area (Å²) in [5, 5.41) is 16.2. The Morgan fingerprint density at radius 2 is 1.90 bits per heavy atom. The van der Waals surface area contributed by atoms with Crippen LogP contribution in [0.25, 0.3) is 0 Å². The van der Waals surface area contributed by atoms with E-state index in [-0.39, 0.29) is 24.3 Å². The van der Waals surface area contributed by atoms with Crippen LogP contribution >= 0.6 is 0 Å². The third kappa shape index (κ3) is 4.09. The Bertz CT molecular complexity index is 956. The molecule has 154 valence electrons. The fourth-order valence-corrected chi connectivity index (χ4v) is 3.42. The van der Waals surface area contributed by atoms with Crippen LogP contribution < -0.4 is 10.6 Å². The van der Waals surface area contributed by atoms with Crippen molar-refractivity contribution in [3.63, 3.8) is 0 Å². The van der Waals surface area contributed by atoms with Crippen LogP contribution in [0.3, 0.4) is 0 Å². The molecule has 2 aliphatic rings. The zero-order valence-electron chi connectivity index (χ0n) is 15.9. The lowest BCUT2D eigenvalue weighted by Crippen LogP contribution is -2.67. The average molecular weight is 405 g/mol. The van der Waals surface area contributed by atoms with E-state index < -0.39 is 34.6 Å². The van der Waals surface area contributed by atoms with E-state index in [4.69, 9.17) is 0 Å². The van der Waals surface area contributed by atoms with E-state index in [1.165, 1.54) is 17.0 Å². The predicted octanol–water partition coefficient (Wildman–Crippen LogP) is 3.09. The molecule has 1 aliphatic heterocycles. The summed E-state index contributed by atoms with van der Waals surface area (Å²) in [5.41, 5.74) is -0.981. The van der Waals surface area contributed by atoms with Gasteiger partial charge in [0.05, 0.1) is 30.0 Å². The number of carbonyl (C=O) groups excluding carboxylic acids is 1. The Morgan fingerprint density at radius 1 is 1.17 bits per heavy atom. The summed E-state index contributed by atoms with van der Waals surface area (Å²) in [6, 6.07) is 6.72. The van der Waals surface area contributed by atoms with Gasteiger partial charge in [0.25, 0.3) is 5.91 Å². The van der Waals surface area contributed by atoms with Gasteiger partial charge in [-0.25, -0.2) is 13.2 Å². The molecule has 0 unspecified atom stereocenters. The van der Waals surface area contributed by atoms with Crippen LogP contribution in [0.15, 0.2) is 30.3 Å². The maximum atomic E-state index is 14.5. The smallest absolute Gasteiger partial charge is 0.256 e. The zero-order valence-corrected chi connectivity index (χ0v) is 15.9. The third-order valence-electron chi connectivity index (χ3n) is 5.26. The van der Waals surface area contributed by atoms with Crippen molar-refractivity contribution in [1.29, 1.82) is 0 Å². The molecular formula is C21H22F3N3O2. The molecule has 5 nitrogen and oxygen atoms in total.